The predicted molar refractivity (Wildman–Crippen MR) is 81.4 cm³/mol. The van der Waals surface area contributed by atoms with Crippen LogP contribution in [0.1, 0.15) is 56.9 Å². The number of hydrogen-bond acceptors (Lipinski definition) is 1. The Morgan fingerprint density at radius 3 is 2.21 bits per heavy atom. The molecule has 0 aliphatic heterocycles. The van der Waals surface area contributed by atoms with Crippen LogP contribution in [0.5, 0.6) is 0 Å². The quantitative estimate of drug-likeness (QED) is 0.849. The SMILES string of the molecule is CNC(C1CCCCC1)C1(c2ccccc2)CCC1. The van der Waals surface area contributed by atoms with Crippen molar-refractivity contribution in [1.82, 2.24) is 5.32 Å². The van der Waals surface area contributed by atoms with Crippen molar-refractivity contribution in [2.24, 2.45) is 5.92 Å². The van der Waals surface area contributed by atoms with Gasteiger partial charge >= 0.3 is 0 Å². The highest BCUT2D eigenvalue weighted by atomic mass is 14.9. The first-order valence-corrected chi connectivity index (χ1v) is 8.09. The Balaban J connectivity index is 1.87. The van der Waals surface area contributed by atoms with Crippen molar-refractivity contribution in [3.05, 3.63) is 35.9 Å². The van der Waals surface area contributed by atoms with Crippen molar-refractivity contribution in [2.45, 2.75) is 62.8 Å². The van der Waals surface area contributed by atoms with Crippen molar-refractivity contribution in [2.75, 3.05) is 7.05 Å². The second kappa shape index (κ2) is 5.66. The Hall–Kier alpha value is -0.820. The van der Waals surface area contributed by atoms with Crippen LogP contribution < -0.4 is 5.32 Å². The maximum Gasteiger partial charge on any atom is 0.0189 e. The van der Waals surface area contributed by atoms with Crippen LogP contribution in [0.25, 0.3) is 0 Å². The summed E-state index contributed by atoms with van der Waals surface area (Å²) in [5.41, 5.74) is 2.00. The van der Waals surface area contributed by atoms with Crippen molar-refractivity contribution in [1.29, 1.82) is 0 Å². The van der Waals surface area contributed by atoms with E-state index in [1.807, 2.05) is 0 Å². The van der Waals surface area contributed by atoms with Crippen LogP contribution in [0.2, 0.25) is 0 Å². The third-order valence-corrected chi connectivity index (χ3v) is 5.62. The third kappa shape index (κ3) is 2.33. The molecule has 1 unspecified atom stereocenters. The molecule has 0 radical (unpaired) electrons. The van der Waals surface area contributed by atoms with E-state index >= 15 is 0 Å². The van der Waals surface area contributed by atoms with Gasteiger partial charge in [0.1, 0.15) is 0 Å². The molecule has 3 rings (SSSR count). The van der Waals surface area contributed by atoms with Gasteiger partial charge in [0.15, 0.2) is 0 Å². The van der Waals surface area contributed by atoms with Gasteiger partial charge in [0, 0.05) is 11.5 Å². The Morgan fingerprint density at radius 1 is 1.00 bits per heavy atom. The lowest BCUT2D eigenvalue weighted by Gasteiger charge is -2.52. The molecule has 0 amide bonds. The van der Waals surface area contributed by atoms with Crippen LogP contribution in [0.3, 0.4) is 0 Å². The molecule has 1 atom stereocenters. The van der Waals surface area contributed by atoms with Gasteiger partial charge in [-0.05, 0) is 44.2 Å². The Morgan fingerprint density at radius 2 is 1.68 bits per heavy atom. The second-order valence-corrected chi connectivity index (χ2v) is 6.54. The van der Waals surface area contributed by atoms with Gasteiger partial charge in [0.25, 0.3) is 0 Å². The Bertz CT molecular complexity index is 387. The predicted octanol–water partition coefficient (Wildman–Crippen LogP) is 4.28. The molecular formula is C18H27N. The monoisotopic (exact) mass is 257 g/mol. The lowest BCUT2D eigenvalue weighted by molar-refractivity contribution is 0.111. The highest BCUT2D eigenvalue weighted by molar-refractivity contribution is 5.31. The minimum atomic E-state index is 0.429. The number of benzene rings is 1. The smallest absolute Gasteiger partial charge is 0.0189 e. The third-order valence-electron chi connectivity index (χ3n) is 5.62. The molecule has 2 fully saturated rings. The molecule has 19 heavy (non-hydrogen) atoms. The Kier molecular flexibility index (Phi) is 3.93. The molecular weight excluding hydrogens is 230 g/mol. The first-order valence-electron chi connectivity index (χ1n) is 8.09. The van der Waals surface area contributed by atoms with Crippen LogP contribution in [-0.4, -0.2) is 13.1 Å². The summed E-state index contributed by atoms with van der Waals surface area (Å²) in [6.07, 6.45) is 11.3. The van der Waals surface area contributed by atoms with E-state index in [-0.39, 0.29) is 0 Å². The van der Waals surface area contributed by atoms with Gasteiger partial charge in [-0.25, -0.2) is 0 Å². The molecule has 1 N–H and O–H groups in total. The van der Waals surface area contributed by atoms with E-state index in [0.717, 1.165) is 5.92 Å². The summed E-state index contributed by atoms with van der Waals surface area (Å²) in [6, 6.07) is 12.0. The van der Waals surface area contributed by atoms with E-state index in [2.05, 4.69) is 42.7 Å². The van der Waals surface area contributed by atoms with E-state index in [0.29, 0.717) is 11.5 Å². The number of hydrogen-bond donors (Lipinski definition) is 1. The molecule has 0 aromatic heterocycles. The number of likely N-dealkylation sites (N-methyl/N-ethyl adjacent to an activating group) is 1. The van der Waals surface area contributed by atoms with Gasteiger partial charge in [-0.15, -0.1) is 0 Å². The topological polar surface area (TPSA) is 12.0 Å². The van der Waals surface area contributed by atoms with Gasteiger partial charge in [0.2, 0.25) is 0 Å². The van der Waals surface area contributed by atoms with Crippen LogP contribution in [0, 0.1) is 5.92 Å². The first-order chi connectivity index (χ1) is 9.37. The second-order valence-electron chi connectivity index (χ2n) is 6.54. The summed E-state index contributed by atoms with van der Waals surface area (Å²) >= 11 is 0. The van der Waals surface area contributed by atoms with E-state index in [1.165, 1.54) is 51.4 Å². The zero-order valence-corrected chi connectivity index (χ0v) is 12.2. The number of nitrogens with one attached hydrogen (secondary N) is 1. The van der Waals surface area contributed by atoms with Crippen molar-refractivity contribution < 1.29 is 0 Å². The van der Waals surface area contributed by atoms with Gasteiger partial charge in [-0.3, -0.25) is 0 Å². The lowest BCUT2D eigenvalue weighted by atomic mass is 9.56. The molecule has 0 heterocycles. The zero-order chi connectivity index (χ0) is 13.1. The molecule has 2 saturated carbocycles. The number of rotatable bonds is 4. The molecule has 0 saturated heterocycles. The molecule has 1 heteroatoms. The fourth-order valence-electron chi connectivity index (χ4n) is 4.54. The van der Waals surface area contributed by atoms with Crippen LogP contribution >= 0.6 is 0 Å². The molecule has 0 spiro atoms. The van der Waals surface area contributed by atoms with Gasteiger partial charge in [0.05, 0.1) is 0 Å². The molecule has 2 aliphatic rings. The molecule has 104 valence electrons. The standard InChI is InChI=1S/C18H27N/c1-19-17(15-9-4-2-5-10-15)18(13-8-14-18)16-11-6-3-7-12-16/h3,6-7,11-12,15,17,19H,2,4-5,8-10,13-14H2,1H3. The average molecular weight is 257 g/mol. The fraction of sp³-hybridized carbons (Fsp3) is 0.667. The zero-order valence-electron chi connectivity index (χ0n) is 12.2. The summed E-state index contributed by atoms with van der Waals surface area (Å²) in [5, 5.41) is 3.71. The van der Waals surface area contributed by atoms with Crippen molar-refractivity contribution in [3.8, 4) is 0 Å². The Labute approximate surface area is 117 Å². The average Bonchev–Trinajstić information content (AvgIpc) is 2.44. The summed E-state index contributed by atoms with van der Waals surface area (Å²) in [4.78, 5) is 0. The highest BCUT2D eigenvalue weighted by Crippen LogP contribution is 2.50. The van der Waals surface area contributed by atoms with Gasteiger partial charge in [-0.1, -0.05) is 56.0 Å². The molecule has 0 bridgehead atoms. The molecule has 1 aromatic rings. The normalized spacial score (nSPS) is 24.7. The van der Waals surface area contributed by atoms with Gasteiger partial charge in [-0.2, -0.15) is 0 Å². The summed E-state index contributed by atoms with van der Waals surface area (Å²) < 4.78 is 0. The van der Waals surface area contributed by atoms with E-state index < -0.39 is 0 Å². The summed E-state index contributed by atoms with van der Waals surface area (Å²) in [6.45, 7) is 0. The molecule has 1 aromatic carbocycles. The lowest BCUT2D eigenvalue weighted by Crippen LogP contribution is -2.55. The van der Waals surface area contributed by atoms with Crippen LogP contribution in [0.4, 0.5) is 0 Å². The maximum atomic E-state index is 3.71. The highest BCUT2D eigenvalue weighted by Gasteiger charge is 2.47. The van der Waals surface area contributed by atoms with Crippen LogP contribution in [0.15, 0.2) is 30.3 Å². The van der Waals surface area contributed by atoms with Crippen LogP contribution in [-0.2, 0) is 5.41 Å². The molecule has 1 nitrogen and oxygen atoms in total. The first kappa shape index (κ1) is 13.2. The fourth-order valence-corrected chi connectivity index (χ4v) is 4.54. The van der Waals surface area contributed by atoms with Gasteiger partial charge < -0.3 is 5.32 Å². The van der Waals surface area contributed by atoms with Crippen molar-refractivity contribution in [3.63, 3.8) is 0 Å². The minimum absolute atomic E-state index is 0.429. The summed E-state index contributed by atoms with van der Waals surface area (Å²) in [5.74, 6) is 0.888. The van der Waals surface area contributed by atoms with E-state index in [1.54, 1.807) is 5.56 Å². The largest absolute Gasteiger partial charge is 0.316 e. The minimum Gasteiger partial charge on any atom is -0.316 e. The van der Waals surface area contributed by atoms with E-state index in [4.69, 9.17) is 0 Å². The van der Waals surface area contributed by atoms with Crippen molar-refractivity contribution >= 4 is 0 Å². The van der Waals surface area contributed by atoms with E-state index in [9.17, 15) is 0 Å². The molecule has 2 aliphatic carbocycles. The summed E-state index contributed by atoms with van der Waals surface area (Å²) in [7, 11) is 2.18. The maximum absolute atomic E-state index is 3.71.